The Kier molecular flexibility index (Phi) is 3.92. The van der Waals surface area contributed by atoms with Gasteiger partial charge in [-0.1, -0.05) is 12.8 Å². The van der Waals surface area contributed by atoms with Crippen molar-refractivity contribution in [2.45, 2.75) is 38.1 Å². The van der Waals surface area contributed by atoms with E-state index >= 15 is 0 Å². The van der Waals surface area contributed by atoms with E-state index in [4.69, 9.17) is 5.11 Å². The van der Waals surface area contributed by atoms with E-state index in [-0.39, 0.29) is 11.2 Å². The molecule has 1 aliphatic carbocycles. The summed E-state index contributed by atoms with van der Waals surface area (Å²) in [6.07, 6.45) is 4.01. The van der Waals surface area contributed by atoms with Crippen LogP contribution in [-0.2, 0) is 0 Å². The topological polar surface area (TPSA) is 78.4 Å². The summed E-state index contributed by atoms with van der Waals surface area (Å²) in [5.74, 6) is -2.21. The van der Waals surface area contributed by atoms with Gasteiger partial charge in [0.1, 0.15) is 5.82 Å². The van der Waals surface area contributed by atoms with Gasteiger partial charge in [0, 0.05) is 11.2 Å². The number of carbonyl (C=O) groups is 2. The highest BCUT2D eigenvalue weighted by Gasteiger charge is 2.30. The van der Waals surface area contributed by atoms with E-state index in [0.29, 0.717) is 0 Å². The second-order valence-corrected chi connectivity index (χ2v) is 5.35. The zero-order valence-corrected chi connectivity index (χ0v) is 11.2. The number of carboxylic acid groups (broad SMARTS) is 1. The van der Waals surface area contributed by atoms with Crippen molar-refractivity contribution in [3.05, 3.63) is 29.6 Å². The van der Waals surface area contributed by atoms with Crippen LogP contribution in [-0.4, -0.2) is 22.6 Å². The molecule has 5 nitrogen and oxygen atoms in total. The van der Waals surface area contributed by atoms with Gasteiger partial charge in [0.15, 0.2) is 0 Å². The summed E-state index contributed by atoms with van der Waals surface area (Å²) in [5.41, 5.74) is -0.408. The zero-order chi connectivity index (χ0) is 14.8. The molecule has 2 rings (SSSR count). The van der Waals surface area contributed by atoms with Crippen LogP contribution in [0.15, 0.2) is 18.2 Å². The van der Waals surface area contributed by atoms with Crippen molar-refractivity contribution >= 4 is 17.7 Å². The number of carboxylic acids is 1. The number of urea groups is 1. The van der Waals surface area contributed by atoms with Gasteiger partial charge >= 0.3 is 12.0 Å². The molecule has 1 saturated carbocycles. The molecule has 0 aromatic heterocycles. The molecule has 6 heteroatoms. The molecular weight excluding hydrogens is 263 g/mol. The molecule has 0 spiro atoms. The first-order chi connectivity index (χ1) is 9.39. The van der Waals surface area contributed by atoms with Crippen molar-refractivity contribution in [1.82, 2.24) is 5.32 Å². The number of rotatable bonds is 3. The molecule has 0 saturated heterocycles. The van der Waals surface area contributed by atoms with Gasteiger partial charge in [-0.05, 0) is 38.0 Å². The van der Waals surface area contributed by atoms with Crippen LogP contribution in [0.5, 0.6) is 0 Å². The van der Waals surface area contributed by atoms with Gasteiger partial charge in [-0.2, -0.15) is 0 Å². The van der Waals surface area contributed by atoms with E-state index in [0.717, 1.165) is 37.8 Å². The Balaban J connectivity index is 2.01. The zero-order valence-electron chi connectivity index (χ0n) is 11.2. The first-order valence-corrected chi connectivity index (χ1v) is 6.52. The molecule has 0 aliphatic heterocycles. The maximum atomic E-state index is 13.5. The highest BCUT2D eigenvalue weighted by atomic mass is 19.1. The van der Waals surface area contributed by atoms with Crippen molar-refractivity contribution in [1.29, 1.82) is 0 Å². The summed E-state index contributed by atoms with van der Waals surface area (Å²) in [6.45, 7) is 1.98. The minimum Gasteiger partial charge on any atom is -0.478 e. The van der Waals surface area contributed by atoms with E-state index in [1.165, 1.54) is 6.07 Å². The lowest BCUT2D eigenvalue weighted by Crippen LogP contribution is -2.45. The highest BCUT2D eigenvalue weighted by molar-refractivity contribution is 5.92. The molecule has 0 heterocycles. The molecule has 108 valence electrons. The number of halogens is 1. The molecule has 3 N–H and O–H groups in total. The van der Waals surface area contributed by atoms with Gasteiger partial charge in [0.2, 0.25) is 0 Å². The van der Waals surface area contributed by atoms with E-state index < -0.39 is 23.4 Å². The Morgan fingerprint density at radius 2 is 1.95 bits per heavy atom. The van der Waals surface area contributed by atoms with Crippen molar-refractivity contribution < 1.29 is 19.1 Å². The molecule has 0 radical (unpaired) electrons. The number of carbonyl (C=O) groups excluding carboxylic acids is 1. The number of benzene rings is 1. The fourth-order valence-electron chi connectivity index (χ4n) is 2.48. The van der Waals surface area contributed by atoms with Crippen LogP contribution in [0.4, 0.5) is 14.9 Å². The summed E-state index contributed by atoms with van der Waals surface area (Å²) in [6, 6.07) is 3.09. The maximum Gasteiger partial charge on any atom is 0.338 e. The third kappa shape index (κ3) is 3.26. The monoisotopic (exact) mass is 280 g/mol. The number of nitrogens with one attached hydrogen (secondary N) is 2. The minimum absolute atomic E-state index is 0.219. The van der Waals surface area contributed by atoms with Crippen LogP contribution < -0.4 is 10.6 Å². The van der Waals surface area contributed by atoms with Gasteiger partial charge in [0.05, 0.1) is 5.56 Å². The van der Waals surface area contributed by atoms with E-state index in [1.54, 1.807) is 0 Å². The average molecular weight is 280 g/mol. The Morgan fingerprint density at radius 3 is 2.50 bits per heavy atom. The van der Waals surface area contributed by atoms with E-state index in [1.807, 2.05) is 6.92 Å². The second kappa shape index (κ2) is 5.48. The van der Waals surface area contributed by atoms with Gasteiger partial charge in [-0.15, -0.1) is 0 Å². The molecule has 1 aromatic carbocycles. The second-order valence-electron chi connectivity index (χ2n) is 5.35. The van der Waals surface area contributed by atoms with Crippen LogP contribution in [0.3, 0.4) is 0 Å². The molecule has 1 aliphatic rings. The Bertz CT molecular complexity index is 539. The van der Waals surface area contributed by atoms with Crippen LogP contribution in [0.2, 0.25) is 0 Å². The van der Waals surface area contributed by atoms with Crippen LogP contribution in [0, 0.1) is 5.82 Å². The summed E-state index contributed by atoms with van der Waals surface area (Å²) in [7, 11) is 0. The molecule has 0 unspecified atom stereocenters. The third-order valence-corrected chi connectivity index (χ3v) is 3.58. The van der Waals surface area contributed by atoms with E-state index in [9.17, 15) is 14.0 Å². The molecule has 1 fully saturated rings. The van der Waals surface area contributed by atoms with Crippen molar-refractivity contribution in [2.75, 3.05) is 5.32 Å². The van der Waals surface area contributed by atoms with Gasteiger partial charge in [0.25, 0.3) is 0 Å². The number of aromatic carboxylic acids is 1. The molecule has 0 bridgehead atoms. The lowest BCUT2D eigenvalue weighted by Gasteiger charge is -2.25. The normalized spacial score (nSPS) is 16.7. The fourth-order valence-corrected chi connectivity index (χ4v) is 2.48. The third-order valence-electron chi connectivity index (χ3n) is 3.58. The predicted molar refractivity (Wildman–Crippen MR) is 72.4 cm³/mol. The number of hydrogen-bond donors (Lipinski definition) is 3. The SMILES string of the molecule is CC1(NC(=O)Nc2ccc(C(=O)O)c(F)c2)CCCC1. The summed E-state index contributed by atoms with van der Waals surface area (Å²) >= 11 is 0. The molecule has 0 atom stereocenters. The smallest absolute Gasteiger partial charge is 0.338 e. The minimum atomic E-state index is -1.34. The Hall–Kier alpha value is -2.11. The number of amides is 2. The van der Waals surface area contributed by atoms with Gasteiger partial charge < -0.3 is 15.7 Å². The highest BCUT2D eigenvalue weighted by Crippen LogP contribution is 2.28. The number of hydrogen-bond acceptors (Lipinski definition) is 2. The standard InChI is InChI=1S/C14H17FN2O3/c1-14(6-2-3-7-14)17-13(20)16-9-4-5-10(12(18)19)11(15)8-9/h4-5,8H,2-3,6-7H2,1H3,(H,18,19)(H2,16,17,20). The largest absolute Gasteiger partial charge is 0.478 e. The van der Waals surface area contributed by atoms with Gasteiger partial charge in [-0.25, -0.2) is 14.0 Å². The summed E-state index contributed by atoms with van der Waals surface area (Å²) in [5, 5.41) is 14.1. The first-order valence-electron chi connectivity index (χ1n) is 6.52. The molecule has 20 heavy (non-hydrogen) atoms. The molecular formula is C14H17FN2O3. The maximum absolute atomic E-state index is 13.5. The molecule has 2 amide bonds. The van der Waals surface area contributed by atoms with Crippen molar-refractivity contribution in [2.24, 2.45) is 0 Å². The summed E-state index contributed by atoms with van der Waals surface area (Å²) in [4.78, 5) is 22.5. The fraction of sp³-hybridized carbons (Fsp3) is 0.429. The average Bonchev–Trinajstić information content (AvgIpc) is 2.74. The number of anilines is 1. The predicted octanol–water partition coefficient (Wildman–Crippen LogP) is 2.98. The quantitative estimate of drug-likeness (QED) is 0.796. The van der Waals surface area contributed by atoms with Crippen LogP contribution in [0.25, 0.3) is 0 Å². The first kappa shape index (κ1) is 14.3. The lowest BCUT2D eigenvalue weighted by atomic mass is 10.0. The van der Waals surface area contributed by atoms with Crippen molar-refractivity contribution in [3.63, 3.8) is 0 Å². The van der Waals surface area contributed by atoms with Crippen molar-refractivity contribution in [3.8, 4) is 0 Å². The Labute approximate surface area is 116 Å². The Morgan fingerprint density at radius 1 is 1.30 bits per heavy atom. The summed E-state index contributed by atoms with van der Waals surface area (Å²) < 4.78 is 13.5. The van der Waals surface area contributed by atoms with Gasteiger partial charge in [-0.3, -0.25) is 0 Å². The molecule has 1 aromatic rings. The lowest BCUT2D eigenvalue weighted by molar-refractivity contribution is 0.0692. The van der Waals surface area contributed by atoms with Crippen LogP contribution >= 0.6 is 0 Å². The van der Waals surface area contributed by atoms with E-state index in [2.05, 4.69) is 10.6 Å². The van der Waals surface area contributed by atoms with Crippen LogP contribution in [0.1, 0.15) is 43.0 Å².